The number of hydrogen-bond donors (Lipinski definition) is 0. The first-order valence-corrected chi connectivity index (χ1v) is 9.46. The van der Waals surface area contributed by atoms with Gasteiger partial charge in [-0.15, -0.1) is 0 Å². The molecule has 126 valence electrons. The van der Waals surface area contributed by atoms with Gasteiger partial charge in [-0.25, -0.2) is 12.8 Å². The molecule has 1 unspecified atom stereocenters. The maximum atomic E-state index is 13.9. The van der Waals surface area contributed by atoms with Crippen molar-refractivity contribution in [1.29, 1.82) is 5.26 Å². The average Bonchev–Trinajstić information content (AvgIpc) is 2.56. The molecule has 1 fully saturated rings. The Balaban J connectivity index is 2.04. The fourth-order valence-electron chi connectivity index (χ4n) is 2.74. The first-order chi connectivity index (χ1) is 11.0. The highest BCUT2D eigenvalue weighted by molar-refractivity contribution is 7.89. The smallest absolute Gasteiger partial charge is 0.214 e. The molecule has 0 N–H and O–H groups in total. The first-order valence-electron chi connectivity index (χ1n) is 7.85. The van der Waals surface area contributed by atoms with Crippen LogP contribution >= 0.6 is 0 Å². The third kappa shape index (κ3) is 4.28. The van der Waals surface area contributed by atoms with Crippen LogP contribution in [-0.4, -0.2) is 49.6 Å². The summed E-state index contributed by atoms with van der Waals surface area (Å²) in [4.78, 5) is 1.84. The van der Waals surface area contributed by atoms with Crippen LogP contribution in [0.25, 0.3) is 0 Å². The van der Waals surface area contributed by atoms with E-state index in [0.29, 0.717) is 38.2 Å². The Labute approximate surface area is 137 Å². The van der Waals surface area contributed by atoms with E-state index >= 15 is 0 Å². The number of halogens is 1. The van der Waals surface area contributed by atoms with Gasteiger partial charge < -0.3 is 0 Å². The van der Waals surface area contributed by atoms with Gasteiger partial charge in [0.15, 0.2) is 0 Å². The Morgan fingerprint density at radius 3 is 2.48 bits per heavy atom. The van der Waals surface area contributed by atoms with Crippen molar-refractivity contribution < 1.29 is 12.8 Å². The maximum Gasteiger partial charge on any atom is 0.214 e. The normalized spacial score (nSPS) is 18.5. The monoisotopic (exact) mass is 339 g/mol. The van der Waals surface area contributed by atoms with Crippen LogP contribution in [0.4, 0.5) is 4.39 Å². The lowest BCUT2D eigenvalue weighted by Crippen LogP contribution is -2.50. The fraction of sp³-hybridized carbons (Fsp3) is 0.562. The van der Waals surface area contributed by atoms with E-state index in [2.05, 4.69) is 6.07 Å². The molecule has 0 saturated carbocycles. The van der Waals surface area contributed by atoms with Crippen LogP contribution in [0.5, 0.6) is 0 Å². The number of piperazine rings is 1. The molecule has 2 rings (SSSR count). The zero-order valence-corrected chi connectivity index (χ0v) is 14.1. The number of unbranched alkanes of at least 4 members (excludes halogenated alkanes) is 1. The summed E-state index contributed by atoms with van der Waals surface area (Å²) in [6.07, 6.45) is 1.49. The minimum atomic E-state index is -3.22. The van der Waals surface area contributed by atoms with Gasteiger partial charge in [-0.1, -0.05) is 31.5 Å². The van der Waals surface area contributed by atoms with E-state index in [-0.39, 0.29) is 5.75 Å². The van der Waals surface area contributed by atoms with Gasteiger partial charge in [0.2, 0.25) is 10.0 Å². The lowest BCUT2D eigenvalue weighted by molar-refractivity contribution is 0.160. The molecule has 1 saturated heterocycles. The van der Waals surface area contributed by atoms with Crippen molar-refractivity contribution in [3.8, 4) is 6.07 Å². The van der Waals surface area contributed by atoms with Gasteiger partial charge in [-0.3, -0.25) is 4.90 Å². The zero-order chi connectivity index (χ0) is 16.9. The van der Waals surface area contributed by atoms with E-state index < -0.39 is 21.9 Å². The topological polar surface area (TPSA) is 64.4 Å². The molecule has 5 nitrogen and oxygen atoms in total. The minimum Gasteiger partial charge on any atom is -0.282 e. The standard InChI is InChI=1S/C16H22FN3O2S/c1-2-3-12-23(21,22)20-10-8-19(9-11-20)16(13-18)14-6-4-5-7-15(14)17/h4-7,16H,2-3,8-12H2,1H3. The molecule has 0 bridgehead atoms. The highest BCUT2D eigenvalue weighted by Gasteiger charge is 2.31. The number of hydrogen-bond acceptors (Lipinski definition) is 4. The van der Waals surface area contributed by atoms with E-state index in [9.17, 15) is 18.1 Å². The van der Waals surface area contributed by atoms with Crippen LogP contribution in [-0.2, 0) is 10.0 Å². The summed E-state index contributed by atoms with van der Waals surface area (Å²) >= 11 is 0. The Morgan fingerprint density at radius 1 is 1.26 bits per heavy atom. The lowest BCUT2D eigenvalue weighted by Gasteiger charge is -2.36. The molecular formula is C16H22FN3O2S. The van der Waals surface area contributed by atoms with E-state index in [1.54, 1.807) is 18.2 Å². The number of sulfonamides is 1. The highest BCUT2D eigenvalue weighted by Crippen LogP contribution is 2.24. The van der Waals surface area contributed by atoms with Gasteiger partial charge in [-0.05, 0) is 12.5 Å². The molecule has 0 spiro atoms. The summed E-state index contributed by atoms with van der Waals surface area (Å²) < 4.78 is 39.8. The molecule has 7 heteroatoms. The van der Waals surface area contributed by atoms with Crippen LogP contribution in [0.1, 0.15) is 31.4 Å². The second kappa shape index (κ2) is 7.86. The summed E-state index contributed by atoms with van der Waals surface area (Å²) in [5.41, 5.74) is 0.345. The lowest BCUT2D eigenvalue weighted by atomic mass is 10.1. The van der Waals surface area contributed by atoms with Gasteiger partial charge in [0.1, 0.15) is 11.9 Å². The summed E-state index contributed by atoms with van der Waals surface area (Å²) in [5, 5.41) is 9.41. The summed E-state index contributed by atoms with van der Waals surface area (Å²) in [6.45, 7) is 3.51. The number of nitrogens with zero attached hydrogens (tertiary/aromatic N) is 3. The number of rotatable bonds is 6. The predicted octanol–water partition coefficient (Wildman–Crippen LogP) is 2.14. The van der Waals surface area contributed by atoms with Crippen LogP contribution < -0.4 is 0 Å². The van der Waals surface area contributed by atoms with Gasteiger partial charge in [-0.2, -0.15) is 9.57 Å². The first kappa shape index (κ1) is 17.9. The third-order valence-electron chi connectivity index (χ3n) is 4.11. The SMILES string of the molecule is CCCCS(=O)(=O)N1CCN(C(C#N)c2ccccc2F)CC1. The fourth-order valence-corrected chi connectivity index (χ4v) is 4.37. The molecule has 1 aliphatic rings. The number of benzene rings is 1. The molecular weight excluding hydrogens is 317 g/mol. The Morgan fingerprint density at radius 2 is 1.91 bits per heavy atom. The van der Waals surface area contributed by atoms with Crippen molar-refractivity contribution in [1.82, 2.24) is 9.21 Å². The zero-order valence-electron chi connectivity index (χ0n) is 13.3. The van der Waals surface area contributed by atoms with E-state index in [1.807, 2.05) is 11.8 Å². The summed E-state index contributed by atoms with van der Waals surface area (Å²) in [7, 11) is -3.22. The summed E-state index contributed by atoms with van der Waals surface area (Å²) in [6, 6.07) is 7.69. The van der Waals surface area contributed by atoms with Crippen LogP contribution in [0.15, 0.2) is 24.3 Å². The molecule has 0 aromatic heterocycles. The second-order valence-corrected chi connectivity index (χ2v) is 7.75. The summed E-state index contributed by atoms with van der Waals surface area (Å²) in [5.74, 6) is -0.240. The molecule has 1 heterocycles. The van der Waals surface area contributed by atoms with Crippen LogP contribution in [0.2, 0.25) is 0 Å². The Bertz CT molecular complexity index is 664. The molecule has 23 heavy (non-hydrogen) atoms. The molecule has 1 atom stereocenters. The van der Waals surface area contributed by atoms with Gasteiger partial charge in [0.25, 0.3) is 0 Å². The van der Waals surface area contributed by atoms with Gasteiger partial charge in [0.05, 0.1) is 11.8 Å². The maximum absolute atomic E-state index is 13.9. The van der Waals surface area contributed by atoms with Crippen LogP contribution in [0.3, 0.4) is 0 Å². The molecule has 1 aliphatic heterocycles. The average molecular weight is 339 g/mol. The van der Waals surface area contributed by atoms with Crippen molar-refractivity contribution in [3.63, 3.8) is 0 Å². The van der Waals surface area contributed by atoms with Crippen molar-refractivity contribution in [2.24, 2.45) is 0 Å². The second-order valence-electron chi connectivity index (χ2n) is 5.66. The molecule has 0 amide bonds. The minimum absolute atomic E-state index is 0.165. The number of nitriles is 1. The highest BCUT2D eigenvalue weighted by atomic mass is 32.2. The quantitative estimate of drug-likeness (QED) is 0.796. The van der Waals surface area contributed by atoms with Crippen molar-refractivity contribution in [2.45, 2.75) is 25.8 Å². The Kier molecular flexibility index (Phi) is 6.10. The van der Waals surface area contributed by atoms with E-state index in [4.69, 9.17) is 0 Å². The van der Waals surface area contributed by atoms with Gasteiger partial charge in [0, 0.05) is 31.7 Å². The molecule has 0 aliphatic carbocycles. The Hall–Kier alpha value is -1.49. The molecule has 1 aromatic carbocycles. The van der Waals surface area contributed by atoms with E-state index in [0.717, 1.165) is 6.42 Å². The van der Waals surface area contributed by atoms with E-state index in [1.165, 1.54) is 10.4 Å². The van der Waals surface area contributed by atoms with Crippen molar-refractivity contribution >= 4 is 10.0 Å². The van der Waals surface area contributed by atoms with Gasteiger partial charge >= 0.3 is 0 Å². The van der Waals surface area contributed by atoms with Crippen LogP contribution in [0, 0.1) is 17.1 Å². The van der Waals surface area contributed by atoms with Crippen molar-refractivity contribution in [2.75, 3.05) is 31.9 Å². The molecule has 0 radical (unpaired) electrons. The predicted molar refractivity (Wildman–Crippen MR) is 86.6 cm³/mol. The van der Waals surface area contributed by atoms with Crippen molar-refractivity contribution in [3.05, 3.63) is 35.6 Å². The largest absolute Gasteiger partial charge is 0.282 e. The third-order valence-corrected chi connectivity index (χ3v) is 6.07. The molecule has 1 aromatic rings.